The molecule has 3 atom stereocenters. The minimum absolute atomic E-state index is 0.0524. The topological polar surface area (TPSA) is 38.3 Å². The molecular weight excluding hydrogens is 250 g/mol. The Morgan fingerprint density at radius 1 is 1.25 bits per heavy atom. The second-order valence-electron chi connectivity index (χ2n) is 6.07. The van der Waals surface area contributed by atoms with Gasteiger partial charge in [0.05, 0.1) is 0 Å². The molecule has 0 aromatic heterocycles. The molecule has 108 valence electrons. The summed E-state index contributed by atoms with van der Waals surface area (Å²) in [7, 11) is 0. The number of nitrogens with one attached hydrogen (secondary N) is 1. The third-order valence-corrected chi connectivity index (χ3v) is 4.60. The van der Waals surface area contributed by atoms with E-state index in [1.807, 2.05) is 6.07 Å². The van der Waals surface area contributed by atoms with Crippen molar-refractivity contribution in [3.63, 3.8) is 0 Å². The predicted molar refractivity (Wildman–Crippen MR) is 78.4 cm³/mol. The summed E-state index contributed by atoms with van der Waals surface area (Å²) in [6, 6.07) is 8.22. The molecule has 2 aliphatic rings. The Kier molecular flexibility index (Phi) is 4.06. The van der Waals surface area contributed by atoms with E-state index in [0.29, 0.717) is 5.92 Å². The molecule has 0 radical (unpaired) electrons. The molecule has 1 heterocycles. The van der Waals surface area contributed by atoms with Crippen LogP contribution in [0.25, 0.3) is 0 Å². The molecule has 1 fully saturated rings. The maximum Gasteiger partial charge on any atom is 0.324 e. The maximum absolute atomic E-state index is 12.4. The molecule has 20 heavy (non-hydrogen) atoms. The third-order valence-electron chi connectivity index (χ3n) is 4.60. The number of hydrogen-bond acceptors (Lipinski definition) is 3. The molecular formula is C17H23NO2. The molecule has 1 saturated heterocycles. The minimum Gasteiger partial charge on any atom is -0.456 e. The van der Waals surface area contributed by atoms with Crippen LogP contribution in [-0.2, 0) is 16.0 Å². The van der Waals surface area contributed by atoms with E-state index in [1.54, 1.807) is 0 Å². The second kappa shape index (κ2) is 5.96. The molecule has 1 aromatic rings. The third kappa shape index (κ3) is 2.73. The second-order valence-corrected chi connectivity index (χ2v) is 6.07. The summed E-state index contributed by atoms with van der Waals surface area (Å²) in [6.07, 6.45) is 5.35. The lowest BCUT2D eigenvalue weighted by atomic mass is 9.89. The van der Waals surface area contributed by atoms with Crippen LogP contribution in [0.3, 0.4) is 0 Å². The Labute approximate surface area is 120 Å². The van der Waals surface area contributed by atoms with Gasteiger partial charge in [-0.05, 0) is 55.7 Å². The van der Waals surface area contributed by atoms with E-state index in [2.05, 4.69) is 30.4 Å². The zero-order valence-corrected chi connectivity index (χ0v) is 12.1. The highest BCUT2D eigenvalue weighted by atomic mass is 16.5. The highest BCUT2D eigenvalue weighted by Gasteiger charge is 2.32. The van der Waals surface area contributed by atoms with E-state index in [1.165, 1.54) is 11.1 Å². The Bertz CT molecular complexity index is 486. The van der Waals surface area contributed by atoms with E-state index in [0.717, 1.165) is 38.6 Å². The first-order valence-corrected chi connectivity index (χ1v) is 7.77. The summed E-state index contributed by atoms with van der Waals surface area (Å²) >= 11 is 0. The van der Waals surface area contributed by atoms with Crippen molar-refractivity contribution in [2.45, 2.75) is 51.2 Å². The summed E-state index contributed by atoms with van der Waals surface area (Å²) in [5.74, 6) is 0.300. The highest BCUT2D eigenvalue weighted by Crippen LogP contribution is 2.33. The molecule has 1 aliphatic carbocycles. The van der Waals surface area contributed by atoms with Gasteiger partial charge in [0.25, 0.3) is 0 Å². The largest absolute Gasteiger partial charge is 0.456 e. The summed E-state index contributed by atoms with van der Waals surface area (Å²) in [4.78, 5) is 12.4. The number of hydrogen-bond donors (Lipinski definition) is 1. The molecule has 0 saturated carbocycles. The van der Waals surface area contributed by atoms with Gasteiger partial charge >= 0.3 is 5.97 Å². The Hall–Kier alpha value is -1.35. The van der Waals surface area contributed by atoms with Crippen LogP contribution in [0.1, 0.15) is 49.8 Å². The zero-order chi connectivity index (χ0) is 13.9. The van der Waals surface area contributed by atoms with Gasteiger partial charge < -0.3 is 10.1 Å². The van der Waals surface area contributed by atoms with Crippen LogP contribution < -0.4 is 5.32 Å². The smallest absolute Gasteiger partial charge is 0.324 e. The number of benzene rings is 1. The van der Waals surface area contributed by atoms with E-state index in [9.17, 15) is 4.79 Å². The van der Waals surface area contributed by atoms with Crippen molar-refractivity contribution in [3.8, 4) is 0 Å². The van der Waals surface area contributed by atoms with Crippen LogP contribution in [0.5, 0.6) is 0 Å². The van der Waals surface area contributed by atoms with Gasteiger partial charge in [-0.2, -0.15) is 0 Å². The summed E-state index contributed by atoms with van der Waals surface area (Å²) in [5, 5.41) is 3.31. The molecule has 3 unspecified atom stereocenters. The van der Waals surface area contributed by atoms with Crippen molar-refractivity contribution < 1.29 is 9.53 Å². The molecule has 0 amide bonds. The lowest BCUT2D eigenvalue weighted by Gasteiger charge is -2.31. The van der Waals surface area contributed by atoms with Crippen LogP contribution in [0.4, 0.5) is 0 Å². The van der Waals surface area contributed by atoms with Crippen molar-refractivity contribution in [2.24, 2.45) is 5.92 Å². The summed E-state index contributed by atoms with van der Waals surface area (Å²) < 4.78 is 5.83. The highest BCUT2D eigenvalue weighted by molar-refractivity contribution is 5.76. The SMILES string of the molecule is CC1CCCNC1C(=O)OC1CCCc2ccccc21. The lowest BCUT2D eigenvalue weighted by Crippen LogP contribution is -2.47. The molecule has 0 bridgehead atoms. The van der Waals surface area contributed by atoms with E-state index >= 15 is 0 Å². The van der Waals surface area contributed by atoms with E-state index < -0.39 is 0 Å². The Balaban J connectivity index is 1.70. The number of carbonyl (C=O) groups is 1. The number of rotatable bonds is 2. The van der Waals surface area contributed by atoms with Gasteiger partial charge in [-0.1, -0.05) is 31.2 Å². The summed E-state index contributed by atoms with van der Waals surface area (Å²) in [6.45, 7) is 3.05. The van der Waals surface area contributed by atoms with Crippen LogP contribution in [0, 0.1) is 5.92 Å². The van der Waals surface area contributed by atoms with Crippen molar-refractivity contribution in [2.75, 3.05) is 6.54 Å². The first-order chi connectivity index (χ1) is 9.75. The number of esters is 1. The number of fused-ring (bicyclic) bond motifs is 1. The average molecular weight is 273 g/mol. The monoisotopic (exact) mass is 273 g/mol. The summed E-state index contributed by atoms with van der Waals surface area (Å²) in [5.41, 5.74) is 2.54. The maximum atomic E-state index is 12.4. The first-order valence-electron chi connectivity index (χ1n) is 7.77. The van der Waals surface area contributed by atoms with Crippen molar-refractivity contribution in [1.82, 2.24) is 5.32 Å². The predicted octanol–water partition coefficient (Wildman–Crippen LogP) is 3.00. The fourth-order valence-electron chi connectivity index (χ4n) is 3.41. The molecule has 1 aliphatic heterocycles. The standard InChI is InChI=1S/C17H23NO2/c1-12-6-5-11-18-16(12)17(19)20-15-10-4-8-13-7-2-3-9-14(13)15/h2-3,7,9,12,15-16,18H,4-6,8,10-11H2,1H3. The fourth-order valence-corrected chi connectivity index (χ4v) is 3.41. The molecule has 0 spiro atoms. The van der Waals surface area contributed by atoms with Crippen LogP contribution in [0.15, 0.2) is 24.3 Å². The number of aryl methyl sites for hydroxylation is 1. The Morgan fingerprint density at radius 2 is 2.10 bits per heavy atom. The molecule has 3 heteroatoms. The van der Waals surface area contributed by atoms with E-state index in [4.69, 9.17) is 4.74 Å². The zero-order valence-electron chi connectivity index (χ0n) is 12.1. The van der Waals surface area contributed by atoms with E-state index in [-0.39, 0.29) is 18.1 Å². The first kappa shape index (κ1) is 13.6. The number of carbonyl (C=O) groups excluding carboxylic acids is 1. The van der Waals surface area contributed by atoms with Gasteiger partial charge in [0.15, 0.2) is 0 Å². The average Bonchev–Trinajstić information content (AvgIpc) is 2.48. The van der Waals surface area contributed by atoms with Gasteiger partial charge in [-0.25, -0.2) is 0 Å². The van der Waals surface area contributed by atoms with Crippen LogP contribution >= 0.6 is 0 Å². The number of piperidine rings is 1. The fraction of sp³-hybridized carbons (Fsp3) is 0.588. The molecule has 3 nitrogen and oxygen atoms in total. The van der Waals surface area contributed by atoms with Gasteiger partial charge in [0.1, 0.15) is 12.1 Å². The van der Waals surface area contributed by atoms with Gasteiger partial charge in [0, 0.05) is 0 Å². The van der Waals surface area contributed by atoms with Gasteiger partial charge in [-0.15, -0.1) is 0 Å². The van der Waals surface area contributed by atoms with Crippen molar-refractivity contribution in [1.29, 1.82) is 0 Å². The quantitative estimate of drug-likeness (QED) is 0.842. The van der Waals surface area contributed by atoms with Crippen LogP contribution in [-0.4, -0.2) is 18.6 Å². The van der Waals surface area contributed by atoms with Gasteiger partial charge in [-0.3, -0.25) is 4.79 Å². The minimum atomic E-state index is -0.127. The normalized spacial score (nSPS) is 29.6. The van der Waals surface area contributed by atoms with Crippen LogP contribution in [0.2, 0.25) is 0 Å². The van der Waals surface area contributed by atoms with Gasteiger partial charge in [0.2, 0.25) is 0 Å². The molecule has 1 aromatic carbocycles. The number of ether oxygens (including phenoxy) is 1. The lowest BCUT2D eigenvalue weighted by molar-refractivity contribution is -0.154. The van der Waals surface area contributed by atoms with Crippen molar-refractivity contribution >= 4 is 5.97 Å². The molecule has 3 rings (SSSR count). The molecule has 1 N–H and O–H groups in total. The van der Waals surface area contributed by atoms with Crippen molar-refractivity contribution in [3.05, 3.63) is 35.4 Å². The Morgan fingerprint density at radius 3 is 2.95 bits per heavy atom.